The zero-order chi connectivity index (χ0) is 13.8. The highest BCUT2D eigenvalue weighted by Crippen LogP contribution is 2.25. The van der Waals surface area contributed by atoms with Gasteiger partial charge in [-0.3, -0.25) is 0 Å². The summed E-state index contributed by atoms with van der Waals surface area (Å²) < 4.78 is 1.09. The fraction of sp³-hybridized carbons (Fsp3) is 0.250. The summed E-state index contributed by atoms with van der Waals surface area (Å²) in [5, 5.41) is 0.768. The third-order valence-electron chi connectivity index (χ3n) is 3.30. The van der Waals surface area contributed by atoms with Crippen LogP contribution in [0.1, 0.15) is 24.0 Å². The Balaban J connectivity index is 2.21. The van der Waals surface area contributed by atoms with Crippen LogP contribution in [0, 0.1) is 0 Å². The van der Waals surface area contributed by atoms with Crippen molar-refractivity contribution in [1.82, 2.24) is 0 Å². The number of rotatable bonds is 4. The summed E-state index contributed by atoms with van der Waals surface area (Å²) in [6, 6.07) is 16.5. The largest absolute Gasteiger partial charge is 0.327 e. The summed E-state index contributed by atoms with van der Waals surface area (Å²) in [5.41, 5.74) is 8.68. The van der Waals surface area contributed by atoms with Gasteiger partial charge in [0.25, 0.3) is 0 Å². The molecule has 0 aromatic heterocycles. The van der Waals surface area contributed by atoms with Crippen LogP contribution in [0.4, 0.5) is 0 Å². The van der Waals surface area contributed by atoms with E-state index in [2.05, 4.69) is 59.3 Å². The van der Waals surface area contributed by atoms with Crippen molar-refractivity contribution in [3.8, 4) is 0 Å². The van der Waals surface area contributed by atoms with Crippen LogP contribution in [0.15, 0.2) is 53.0 Å². The van der Waals surface area contributed by atoms with Crippen molar-refractivity contribution in [2.75, 3.05) is 0 Å². The quantitative estimate of drug-likeness (QED) is 0.853. The van der Waals surface area contributed by atoms with Crippen molar-refractivity contribution in [2.45, 2.75) is 25.3 Å². The summed E-state index contributed by atoms with van der Waals surface area (Å²) in [5.74, 6) is 0.314. The van der Waals surface area contributed by atoms with Gasteiger partial charge in [0.2, 0.25) is 0 Å². The predicted octanol–water partition coefficient (Wildman–Crippen LogP) is 4.78. The first-order valence-electron chi connectivity index (χ1n) is 6.32. The maximum atomic E-state index is 6.15. The smallest absolute Gasteiger partial charge is 0.0406 e. The number of hydrogen-bond donors (Lipinski definition) is 1. The number of halogens is 2. The minimum absolute atomic E-state index is 0.108. The summed E-state index contributed by atoms with van der Waals surface area (Å²) in [7, 11) is 0. The summed E-state index contributed by atoms with van der Waals surface area (Å²) in [4.78, 5) is 0. The molecule has 0 aliphatic carbocycles. The minimum atomic E-state index is 0.108. The summed E-state index contributed by atoms with van der Waals surface area (Å²) in [6.07, 6.45) is 0.927. The number of hydrogen-bond acceptors (Lipinski definition) is 1. The van der Waals surface area contributed by atoms with Gasteiger partial charge < -0.3 is 5.73 Å². The maximum Gasteiger partial charge on any atom is 0.0406 e. The van der Waals surface area contributed by atoms with Crippen LogP contribution >= 0.6 is 27.5 Å². The van der Waals surface area contributed by atoms with E-state index in [1.54, 1.807) is 0 Å². The average molecular weight is 339 g/mol. The Hall–Kier alpha value is -0.830. The molecular formula is C16H17BrClN. The van der Waals surface area contributed by atoms with Crippen LogP contribution in [0.5, 0.6) is 0 Å². The first-order chi connectivity index (χ1) is 9.06. The lowest BCUT2D eigenvalue weighted by Crippen LogP contribution is -2.26. The van der Waals surface area contributed by atoms with Crippen LogP contribution in [-0.4, -0.2) is 6.04 Å². The molecule has 2 aromatic rings. The van der Waals surface area contributed by atoms with Crippen molar-refractivity contribution >= 4 is 27.5 Å². The molecule has 2 rings (SSSR count). The van der Waals surface area contributed by atoms with E-state index in [4.69, 9.17) is 17.3 Å². The molecule has 100 valence electrons. The lowest BCUT2D eigenvalue weighted by Gasteiger charge is -2.21. The molecule has 0 aliphatic heterocycles. The van der Waals surface area contributed by atoms with E-state index < -0.39 is 0 Å². The van der Waals surface area contributed by atoms with Crippen molar-refractivity contribution < 1.29 is 0 Å². The topological polar surface area (TPSA) is 26.0 Å². The van der Waals surface area contributed by atoms with Crippen LogP contribution in [-0.2, 0) is 6.42 Å². The molecule has 1 nitrogen and oxygen atoms in total. The second kappa shape index (κ2) is 6.56. The predicted molar refractivity (Wildman–Crippen MR) is 85.7 cm³/mol. The highest BCUT2D eigenvalue weighted by atomic mass is 79.9. The van der Waals surface area contributed by atoms with Crippen LogP contribution in [0.3, 0.4) is 0 Å². The standard InChI is InChI=1S/C16H17BrClN/c1-11(19)16(13-4-6-14(17)7-5-13)10-12-2-8-15(18)9-3-12/h2-9,11,16H,10,19H2,1H3. The molecule has 0 saturated heterocycles. The monoisotopic (exact) mass is 337 g/mol. The lowest BCUT2D eigenvalue weighted by molar-refractivity contribution is 0.565. The van der Waals surface area contributed by atoms with Gasteiger partial charge in [0.05, 0.1) is 0 Å². The van der Waals surface area contributed by atoms with E-state index in [-0.39, 0.29) is 6.04 Å². The third kappa shape index (κ3) is 4.07. The molecule has 2 atom stereocenters. The van der Waals surface area contributed by atoms with Crippen molar-refractivity contribution in [1.29, 1.82) is 0 Å². The number of nitrogens with two attached hydrogens (primary N) is 1. The minimum Gasteiger partial charge on any atom is -0.327 e. The van der Waals surface area contributed by atoms with Gasteiger partial charge in [-0.2, -0.15) is 0 Å². The van der Waals surface area contributed by atoms with Gasteiger partial charge in [0.15, 0.2) is 0 Å². The Morgan fingerprint density at radius 1 is 1.05 bits per heavy atom. The molecule has 3 heteroatoms. The van der Waals surface area contributed by atoms with Crippen LogP contribution in [0.2, 0.25) is 5.02 Å². The van der Waals surface area contributed by atoms with Gasteiger partial charge in [-0.25, -0.2) is 0 Å². The molecular weight excluding hydrogens is 322 g/mol. The fourth-order valence-corrected chi connectivity index (χ4v) is 2.58. The van der Waals surface area contributed by atoms with Gasteiger partial charge in [-0.15, -0.1) is 0 Å². The molecule has 0 spiro atoms. The second-order valence-corrected chi connectivity index (χ2v) is 6.20. The van der Waals surface area contributed by atoms with E-state index >= 15 is 0 Å². The normalized spacial score (nSPS) is 14.1. The first-order valence-corrected chi connectivity index (χ1v) is 7.49. The van der Waals surface area contributed by atoms with E-state index in [1.165, 1.54) is 11.1 Å². The highest BCUT2D eigenvalue weighted by Gasteiger charge is 2.16. The van der Waals surface area contributed by atoms with E-state index in [1.807, 2.05) is 12.1 Å². The SMILES string of the molecule is CC(N)C(Cc1ccc(Cl)cc1)c1ccc(Br)cc1. The second-order valence-electron chi connectivity index (χ2n) is 4.85. The zero-order valence-electron chi connectivity index (χ0n) is 10.8. The molecule has 0 bridgehead atoms. The number of benzene rings is 2. The van der Waals surface area contributed by atoms with Crippen molar-refractivity contribution in [2.24, 2.45) is 5.73 Å². The van der Waals surface area contributed by atoms with E-state index in [0.717, 1.165) is 15.9 Å². The lowest BCUT2D eigenvalue weighted by atomic mass is 9.87. The molecule has 0 fully saturated rings. The molecule has 19 heavy (non-hydrogen) atoms. The van der Waals surface area contributed by atoms with Crippen molar-refractivity contribution in [3.05, 3.63) is 69.2 Å². The zero-order valence-corrected chi connectivity index (χ0v) is 13.2. The average Bonchev–Trinajstić information content (AvgIpc) is 2.39. The fourth-order valence-electron chi connectivity index (χ4n) is 2.19. The van der Waals surface area contributed by atoms with Gasteiger partial charge in [0, 0.05) is 21.5 Å². The molecule has 2 unspecified atom stereocenters. The Morgan fingerprint density at radius 2 is 1.63 bits per heavy atom. The Labute approximate surface area is 127 Å². The molecule has 2 N–H and O–H groups in total. The third-order valence-corrected chi connectivity index (χ3v) is 4.08. The molecule has 2 aromatic carbocycles. The maximum absolute atomic E-state index is 6.15. The first kappa shape index (κ1) is 14.6. The van der Waals surface area contributed by atoms with Crippen LogP contribution in [0.25, 0.3) is 0 Å². The molecule has 0 aliphatic rings. The molecule has 0 radical (unpaired) electrons. The van der Waals surface area contributed by atoms with Gasteiger partial charge in [0.1, 0.15) is 0 Å². The Bertz CT molecular complexity index is 519. The Morgan fingerprint density at radius 3 is 2.16 bits per heavy atom. The van der Waals surface area contributed by atoms with E-state index in [9.17, 15) is 0 Å². The summed E-state index contributed by atoms with van der Waals surface area (Å²) >= 11 is 9.38. The summed E-state index contributed by atoms with van der Waals surface area (Å²) in [6.45, 7) is 2.06. The van der Waals surface area contributed by atoms with Gasteiger partial charge in [-0.1, -0.05) is 51.8 Å². The molecule has 0 heterocycles. The molecule has 0 saturated carbocycles. The Kier molecular flexibility index (Phi) is 5.03. The van der Waals surface area contributed by atoms with Crippen LogP contribution < -0.4 is 5.73 Å². The highest BCUT2D eigenvalue weighted by molar-refractivity contribution is 9.10. The van der Waals surface area contributed by atoms with E-state index in [0.29, 0.717) is 5.92 Å². The van der Waals surface area contributed by atoms with Crippen molar-refractivity contribution in [3.63, 3.8) is 0 Å². The molecule has 0 amide bonds. The van der Waals surface area contributed by atoms with Gasteiger partial charge >= 0.3 is 0 Å². The van der Waals surface area contributed by atoms with Gasteiger partial charge in [-0.05, 0) is 48.7 Å².